The summed E-state index contributed by atoms with van der Waals surface area (Å²) in [5.41, 5.74) is 1.000. The Morgan fingerprint density at radius 3 is 2.65 bits per heavy atom. The average molecular weight is 269 g/mol. The number of hydrogen-bond acceptors (Lipinski definition) is 3. The van der Waals surface area contributed by atoms with Crippen molar-refractivity contribution in [3.8, 4) is 0 Å². The number of carbonyl (C=O) groups is 2. The Morgan fingerprint density at radius 1 is 1.20 bits per heavy atom. The molecule has 3 heterocycles. The third kappa shape index (κ3) is 1.25. The van der Waals surface area contributed by atoms with Crippen LogP contribution in [0.25, 0.3) is 0 Å². The number of ether oxygens (including phenoxy) is 1. The Labute approximate surface area is 117 Å². The molecule has 2 fully saturated rings. The van der Waals surface area contributed by atoms with E-state index in [0.717, 1.165) is 5.56 Å². The van der Waals surface area contributed by atoms with Crippen molar-refractivity contribution in [1.29, 1.82) is 0 Å². The van der Waals surface area contributed by atoms with Crippen molar-refractivity contribution in [2.75, 3.05) is 4.90 Å². The zero-order valence-corrected chi connectivity index (χ0v) is 11.4. The highest BCUT2D eigenvalue weighted by Crippen LogP contribution is 2.52. The first-order chi connectivity index (χ1) is 9.53. The van der Waals surface area contributed by atoms with E-state index in [1.165, 1.54) is 4.90 Å². The molecule has 0 N–H and O–H groups in total. The summed E-state index contributed by atoms with van der Waals surface area (Å²) >= 11 is 0. The molecule has 2 saturated heterocycles. The Kier molecular flexibility index (Phi) is 2.12. The van der Waals surface area contributed by atoms with E-state index >= 15 is 0 Å². The van der Waals surface area contributed by atoms with Crippen LogP contribution in [0, 0.1) is 18.8 Å². The average Bonchev–Trinajstić information content (AvgIpc) is 3.01. The number of fused-ring (bicyclic) bond motifs is 5. The Bertz CT molecular complexity index is 665. The van der Waals surface area contributed by atoms with Crippen molar-refractivity contribution in [3.05, 3.63) is 42.0 Å². The number of carbonyl (C=O) groups excluding carboxylic acids is 2. The molecule has 0 aromatic heterocycles. The molecule has 4 rings (SSSR count). The summed E-state index contributed by atoms with van der Waals surface area (Å²) in [6.45, 7) is 3.80. The van der Waals surface area contributed by atoms with E-state index in [1.54, 1.807) is 0 Å². The lowest BCUT2D eigenvalue weighted by atomic mass is 9.78. The van der Waals surface area contributed by atoms with Crippen molar-refractivity contribution in [3.63, 3.8) is 0 Å². The fourth-order valence-corrected chi connectivity index (χ4v) is 3.70. The molecule has 20 heavy (non-hydrogen) atoms. The fourth-order valence-electron chi connectivity index (χ4n) is 3.70. The van der Waals surface area contributed by atoms with Crippen molar-refractivity contribution >= 4 is 17.5 Å². The number of amides is 2. The summed E-state index contributed by atoms with van der Waals surface area (Å²) in [6, 6.07) is 7.49. The van der Waals surface area contributed by atoms with Crippen molar-refractivity contribution in [1.82, 2.24) is 0 Å². The van der Waals surface area contributed by atoms with Crippen LogP contribution in [0.15, 0.2) is 36.4 Å². The molecule has 2 bridgehead atoms. The SMILES string of the molecule is Cc1ccccc1N1C(=O)[C@@H]2[C@H]3C=C[C@@](C)(O3)[C@H]2C1=O. The van der Waals surface area contributed by atoms with E-state index in [0.29, 0.717) is 5.69 Å². The van der Waals surface area contributed by atoms with Gasteiger partial charge in [-0.25, -0.2) is 4.90 Å². The van der Waals surface area contributed by atoms with Crippen LogP contribution < -0.4 is 4.90 Å². The normalized spacial score (nSPS) is 37.9. The molecule has 102 valence electrons. The van der Waals surface area contributed by atoms with E-state index in [-0.39, 0.29) is 29.8 Å². The second kappa shape index (κ2) is 3.58. The molecule has 4 heteroatoms. The molecule has 0 aliphatic carbocycles. The molecule has 3 aliphatic rings. The molecule has 2 amide bonds. The number of benzene rings is 1. The monoisotopic (exact) mass is 269 g/mol. The van der Waals surface area contributed by atoms with Crippen LogP contribution in [-0.2, 0) is 14.3 Å². The molecule has 1 aromatic rings. The van der Waals surface area contributed by atoms with Gasteiger partial charge in [0.15, 0.2) is 0 Å². The number of para-hydroxylation sites is 1. The Morgan fingerprint density at radius 2 is 1.95 bits per heavy atom. The lowest BCUT2D eigenvalue weighted by Gasteiger charge is -2.24. The maximum Gasteiger partial charge on any atom is 0.241 e. The predicted molar refractivity (Wildman–Crippen MR) is 73.1 cm³/mol. The van der Waals surface area contributed by atoms with Gasteiger partial charge in [-0.2, -0.15) is 0 Å². The van der Waals surface area contributed by atoms with Crippen LogP contribution in [0.2, 0.25) is 0 Å². The van der Waals surface area contributed by atoms with Crippen LogP contribution in [0.4, 0.5) is 5.69 Å². The predicted octanol–water partition coefficient (Wildman–Crippen LogP) is 1.83. The van der Waals surface area contributed by atoms with E-state index in [4.69, 9.17) is 4.74 Å². The van der Waals surface area contributed by atoms with E-state index in [9.17, 15) is 9.59 Å². The molecule has 0 saturated carbocycles. The van der Waals surface area contributed by atoms with Crippen LogP contribution in [0.5, 0.6) is 0 Å². The maximum absolute atomic E-state index is 12.7. The number of aryl methyl sites for hydroxylation is 1. The Balaban J connectivity index is 1.82. The Hall–Kier alpha value is -1.94. The minimum atomic E-state index is -0.625. The molecule has 0 radical (unpaired) electrons. The van der Waals surface area contributed by atoms with Crippen molar-refractivity contribution in [2.45, 2.75) is 25.6 Å². The molecule has 0 spiro atoms. The highest BCUT2D eigenvalue weighted by Gasteiger charge is 2.66. The van der Waals surface area contributed by atoms with Gasteiger partial charge in [0.2, 0.25) is 11.8 Å². The van der Waals surface area contributed by atoms with Gasteiger partial charge in [0, 0.05) is 0 Å². The van der Waals surface area contributed by atoms with Gasteiger partial charge in [-0.3, -0.25) is 9.59 Å². The van der Waals surface area contributed by atoms with Gasteiger partial charge in [-0.15, -0.1) is 0 Å². The summed E-state index contributed by atoms with van der Waals surface area (Å²) in [5.74, 6) is -1.02. The smallest absolute Gasteiger partial charge is 0.241 e. The number of nitrogens with zero attached hydrogens (tertiary/aromatic N) is 1. The second-order valence-electron chi connectivity index (χ2n) is 5.93. The number of hydrogen-bond donors (Lipinski definition) is 0. The number of rotatable bonds is 1. The van der Waals surface area contributed by atoms with Crippen molar-refractivity contribution < 1.29 is 14.3 Å². The van der Waals surface area contributed by atoms with E-state index in [2.05, 4.69) is 0 Å². The quantitative estimate of drug-likeness (QED) is 0.577. The molecule has 1 aromatic carbocycles. The summed E-state index contributed by atoms with van der Waals surface area (Å²) < 4.78 is 5.80. The summed E-state index contributed by atoms with van der Waals surface area (Å²) in [5, 5.41) is 0. The molecule has 4 nitrogen and oxygen atoms in total. The van der Waals surface area contributed by atoms with Crippen LogP contribution in [0.3, 0.4) is 0 Å². The lowest BCUT2D eigenvalue weighted by molar-refractivity contribution is -0.126. The molecule has 0 unspecified atom stereocenters. The zero-order valence-electron chi connectivity index (χ0n) is 11.4. The third-order valence-electron chi connectivity index (χ3n) is 4.69. The first-order valence-corrected chi connectivity index (χ1v) is 6.83. The molecule has 3 aliphatic heterocycles. The highest BCUT2D eigenvalue weighted by molar-refractivity contribution is 6.23. The van der Waals surface area contributed by atoms with Gasteiger partial charge in [-0.1, -0.05) is 30.4 Å². The van der Waals surface area contributed by atoms with E-state index in [1.807, 2.05) is 50.3 Å². The van der Waals surface area contributed by atoms with Gasteiger partial charge in [0.1, 0.15) is 0 Å². The highest BCUT2D eigenvalue weighted by atomic mass is 16.5. The van der Waals surface area contributed by atoms with Crippen LogP contribution in [0.1, 0.15) is 12.5 Å². The third-order valence-corrected chi connectivity index (χ3v) is 4.69. The molecular weight excluding hydrogens is 254 g/mol. The zero-order chi connectivity index (χ0) is 14.1. The lowest BCUT2D eigenvalue weighted by Crippen LogP contribution is -2.38. The number of imide groups is 1. The molecule has 4 atom stereocenters. The minimum Gasteiger partial charge on any atom is -0.362 e. The standard InChI is InChI=1S/C16H15NO3/c1-9-5-3-4-6-10(9)17-14(18)12-11-7-8-16(2,20-11)13(12)15(17)19/h3-8,11-13H,1-2H3/t11-,12-,13-,16-/m1/s1. The van der Waals surface area contributed by atoms with Gasteiger partial charge in [0.05, 0.1) is 29.2 Å². The van der Waals surface area contributed by atoms with Crippen molar-refractivity contribution in [2.24, 2.45) is 11.8 Å². The minimum absolute atomic E-state index is 0.132. The van der Waals surface area contributed by atoms with Crippen LogP contribution >= 0.6 is 0 Å². The first kappa shape index (κ1) is 11.9. The maximum atomic E-state index is 12.7. The summed E-state index contributed by atoms with van der Waals surface area (Å²) in [7, 11) is 0. The number of anilines is 1. The summed E-state index contributed by atoms with van der Waals surface area (Å²) in [6.07, 6.45) is 3.58. The summed E-state index contributed by atoms with van der Waals surface area (Å²) in [4.78, 5) is 26.8. The van der Waals surface area contributed by atoms with Gasteiger partial charge < -0.3 is 4.74 Å². The second-order valence-corrected chi connectivity index (χ2v) is 5.93. The first-order valence-electron chi connectivity index (χ1n) is 6.83. The largest absolute Gasteiger partial charge is 0.362 e. The van der Waals surface area contributed by atoms with E-state index < -0.39 is 5.60 Å². The topological polar surface area (TPSA) is 46.6 Å². The van der Waals surface area contributed by atoms with Gasteiger partial charge in [-0.05, 0) is 25.5 Å². The van der Waals surface area contributed by atoms with Gasteiger partial charge >= 0.3 is 0 Å². The molecular formula is C16H15NO3. The fraction of sp³-hybridized carbons (Fsp3) is 0.375. The van der Waals surface area contributed by atoms with Gasteiger partial charge in [0.25, 0.3) is 0 Å². The van der Waals surface area contributed by atoms with Crippen LogP contribution in [-0.4, -0.2) is 23.5 Å².